The summed E-state index contributed by atoms with van der Waals surface area (Å²) in [5, 5.41) is 5.58. The van der Waals surface area contributed by atoms with Gasteiger partial charge in [-0.25, -0.2) is 0 Å². The molecular weight excluding hydrogens is 326 g/mol. The smallest absolute Gasteiger partial charge is 0.238 e. The Morgan fingerprint density at radius 1 is 1.00 bits per heavy atom. The van der Waals surface area contributed by atoms with E-state index in [1.165, 1.54) is 12.5 Å². The molecule has 0 aliphatic carbocycles. The zero-order valence-electron chi connectivity index (χ0n) is 15.1. The Labute approximate surface area is 154 Å². The van der Waals surface area contributed by atoms with Gasteiger partial charge in [0.1, 0.15) is 0 Å². The first-order chi connectivity index (χ1) is 12.6. The van der Waals surface area contributed by atoms with Crippen LogP contribution in [0, 0.1) is 0 Å². The molecule has 2 aromatic rings. The van der Waals surface area contributed by atoms with Gasteiger partial charge in [-0.1, -0.05) is 36.4 Å². The molecule has 0 unspecified atom stereocenters. The van der Waals surface area contributed by atoms with Gasteiger partial charge in [0.15, 0.2) is 0 Å². The molecule has 0 bridgehead atoms. The van der Waals surface area contributed by atoms with Crippen molar-refractivity contribution in [2.75, 3.05) is 30.3 Å². The highest BCUT2D eigenvalue weighted by Gasteiger charge is 2.10. The average molecular weight is 351 g/mol. The maximum atomic E-state index is 12.3. The molecule has 2 aromatic carbocycles. The summed E-state index contributed by atoms with van der Waals surface area (Å²) in [6.45, 7) is 6.96. The molecule has 5 heteroatoms. The van der Waals surface area contributed by atoms with Crippen molar-refractivity contribution in [3.8, 4) is 0 Å². The maximum absolute atomic E-state index is 12.3. The van der Waals surface area contributed by atoms with Crippen molar-refractivity contribution >= 4 is 23.2 Å². The molecule has 5 nitrogen and oxygen atoms in total. The zero-order chi connectivity index (χ0) is 18.8. The third-order valence-corrected chi connectivity index (χ3v) is 3.80. The minimum Gasteiger partial charge on any atom is -0.326 e. The third-order valence-electron chi connectivity index (χ3n) is 3.80. The van der Waals surface area contributed by atoms with Crippen molar-refractivity contribution in [2.45, 2.75) is 13.3 Å². The van der Waals surface area contributed by atoms with Gasteiger partial charge in [0.25, 0.3) is 0 Å². The molecule has 0 spiro atoms. The van der Waals surface area contributed by atoms with Crippen LogP contribution in [0.2, 0.25) is 0 Å². The number of benzene rings is 2. The molecule has 136 valence electrons. The number of hydrogen-bond acceptors (Lipinski definition) is 3. The molecule has 0 saturated carbocycles. The minimum atomic E-state index is -0.125. The molecule has 0 saturated heterocycles. The van der Waals surface area contributed by atoms with Crippen molar-refractivity contribution < 1.29 is 9.59 Å². The Bertz CT molecular complexity index is 727. The second-order valence-electron chi connectivity index (χ2n) is 6.07. The lowest BCUT2D eigenvalue weighted by Crippen LogP contribution is -2.34. The Morgan fingerprint density at radius 3 is 2.19 bits per heavy atom. The second kappa shape index (κ2) is 10.2. The van der Waals surface area contributed by atoms with Crippen LogP contribution < -0.4 is 10.6 Å². The highest BCUT2D eigenvalue weighted by molar-refractivity contribution is 5.93. The lowest BCUT2D eigenvalue weighted by molar-refractivity contribution is -0.117. The lowest BCUT2D eigenvalue weighted by atomic mass is 10.1. The number of rotatable bonds is 9. The first-order valence-corrected chi connectivity index (χ1v) is 8.61. The van der Waals surface area contributed by atoms with Crippen LogP contribution in [0.1, 0.15) is 12.5 Å². The predicted octanol–water partition coefficient (Wildman–Crippen LogP) is 3.31. The largest absolute Gasteiger partial charge is 0.326 e. The number of amides is 2. The number of nitrogens with zero attached hydrogens (tertiary/aromatic N) is 1. The molecule has 0 aliphatic rings. The standard InChI is InChI=1S/C21H25N3O2/c1-3-14-24(15-13-18-7-5-4-6-8-18)16-21(26)23-20-11-9-19(10-12-20)22-17(2)25/h3-12H,1,13-16H2,2H3,(H,22,25)(H,23,26). The SMILES string of the molecule is C=CCN(CCc1ccccc1)CC(=O)Nc1ccc(NC(C)=O)cc1. The molecule has 0 fully saturated rings. The Morgan fingerprint density at radius 2 is 1.62 bits per heavy atom. The highest BCUT2D eigenvalue weighted by atomic mass is 16.2. The van der Waals surface area contributed by atoms with Gasteiger partial charge in [-0.3, -0.25) is 14.5 Å². The Hall–Kier alpha value is -2.92. The number of carbonyl (C=O) groups excluding carboxylic acids is 2. The normalized spacial score (nSPS) is 10.4. The minimum absolute atomic E-state index is 0.0767. The monoisotopic (exact) mass is 351 g/mol. The summed E-state index contributed by atoms with van der Waals surface area (Å²) in [5.41, 5.74) is 2.65. The molecular formula is C21H25N3O2. The highest BCUT2D eigenvalue weighted by Crippen LogP contribution is 2.13. The Balaban J connectivity index is 1.86. The molecule has 2 amide bonds. The van der Waals surface area contributed by atoms with Gasteiger partial charge in [0, 0.05) is 31.4 Å². The van der Waals surface area contributed by atoms with Crippen molar-refractivity contribution in [1.82, 2.24) is 4.90 Å². The summed E-state index contributed by atoms with van der Waals surface area (Å²) in [6, 6.07) is 17.3. The summed E-state index contributed by atoms with van der Waals surface area (Å²) < 4.78 is 0. The number of carbonyl (C=O) groups is 2. The second-order valence-corrected chi connectivity index (χ2v) is 6.07. The van der Waals surface area contributed by atoms with Crippen LogP contribution in [0.4, 0.5) is 11.4 Å². The topological polar surface area (TPSA) is 61.4 Å². The van der Waals surface area contributed by atoms with E-state index < -0.39 is 0 Å². The van der Waals surface area contributed by atoms with Gasteiger partial charge in [-0.05, 0) is 36.2 Å². The predicted molar refractivity (Wildman–Crippen MR) is 106 cm³/mol. The van der Waals surface area contributed by atoms with Crippen LogP contribution in [0.25, 0.3) is 0 Å². The number of anilines is 2. The fourth-order valence-corrected chi connectivity index (χ4v) is 2.59. The quantitative estimate of drug-likeness (QED) is 0.681. The van der Waals surface area contributed by atoms with Crippen molar-refractivity contribution in [1.29, 1.82) is 0 Å². The van der Waals surface area contributed by atoms with E-state index >= 15 is 0 Å². The molecule has 0 aliphatic heterocycles. The lowest BCUT2D eigenvalue weighted by Gasteiger charge is -2.20. The summed E-state index contributed by atoms with van der Waals surface area (Å²) in [6.07, 6.45) is 2.69. The van der Waals surface area contributed by atoms with E-state index in [-0.39, 0.29) is 11.8 Å². The van der Waals surface area contributed by atoms with E-state index in [1.54, 1.807) is 30.3 Å². The number of hydrogen-bond donors (Lipinski definition) is 2. The van der Waals surface area contributed by atoms with Gasteiger partial charge < -0.3 is 10.6 Å². The van der Waals surface area contributed by atoms with Crippen LogP contribution in [-0.2, 0) is 16.0 Å². The number of nitrogens with one attached hydrogen (secondary N) is 2. The first-order valence-electron chi connectivity index (χ1n) is 8.61. The Kier molecular flexibility index (Phi) is 7.58. The van der Waals surface area contributed by atoms with Crippen LogP contribution in [0.3, 0.4) is 0 Å². The molecule has 2 rings (SSSR count). The van der Waals surface area contributed by atoms with Crippen LogP contribution in [0.15, 0.2) is 67.3 Å². The van der Waals surface area contributed by atoms with E-state index in [0.717, 1.165) is 13.0 Å². The summed E-state index contributed by atoms with van der Waals surface area (Å²) in [4.78, 5) is 25.4. The van der Waals surface area contributed by atoms with Crippen molar-refractivity contribution in [3.05, 3.63) is 72.8 Å². The molecule has 0 radical (unpaired) electrons. The van der Waals surface area contributed by atoms with E-state index in [0.29, 0.717) is 24.5 Å². The van der Waals surface area contributed by atoms with Crippen LogP contribution >= 0.6 is 0 Å². The summed E-state index contributed by atoms with van der Waals surface area (Å²) in [5.74, 6) is -0.201. The van der Waals surface area contributed by atoms with Gasteiger partial charge >= 0.3 is 0 Å². The van der Waals surface area contributed by atoms with Gasteiger partial charge in [-0.15, -0.1) is 6.58 Å². The van der Waals surface area contributed by atoms with Crippen LogP contribution in [0.5, 0.6) is 0 Å². The molecule has 0 aromatic heterocycles. The fraction of sp³-hybridized carbons (Fsp3) is 0.238. The molecule has 2 N–H and O–H groups in total. The fourth-order valence-electron chi connectivity index (χ4n) is 2.59. The van der Waals surface area contributed by atoms with E-state index in [4.69, 9.17) is 0 Å². The molecule has 0 heterocycles. The average Bonchev–Trinajstić information content (AvgIpc) is 2.62. The molecule has 26 heavy (non-hydrogen) atoms. The van der Waals surface area contributed by atoms with Gasteiger partial charge in [0.2, 0.25) is 11.8 Å². The van der Waals surface area contributed by atoms with Crippen LogP contribution in [-0.4, -0.2) is 36.3 Å². The van der Waals surface area contributed by atoms with E-state index in [2.05, 4.69) is 34.2 Å². The third kappa shape index (κ3) is 6.91. The molecule has 0 atom stereocenters. The maximum Gasteiger partial charge on any atom is 0.238 e. The van der Waals surface area contributed by atoms with Crippen molar-refractivity contribution in [3.63, 3.8) is 0 Å². The zero-order valence-corrected chi connectivity index (χ0v) is 15.1. The summed E-state index contributed by atoms with van der Waals surface area (Å²) in [7, 11) is 0. The van der Waals surface area contributed by atoms with E-state index in [9.17, 15) is 9.59 Å². The first kappa shape index (κ1) is 19.4. The van der Waals surface area contributed by atoms with Gasteiger partial charge in [0.05, 0.1) is 6.54 Å². The van der Waals surface area contributed by atoms with Crippen molar-refractivity contribution in [2.24, 2.45) is 0 Å². The van der Waals surface area contributed by atoms with E-state index in [1.807, 2.05) is 18.2 Å². The van der Waals surface area contributed by atoms with Gasteiger partial charge in [-0.2, -0.15) is 0 Å². The summed E-state index contributed by atoms with van der Waals surface area (Å²) >= 11 is 0.